The second-order valence-corrected chi connectivity index (χ2v) is 11.2. The summed E-state index contributed by atoms with van der Waals surface area (Å²) in [5.74, 6) is -1.13. The van der Waals surface area contributed by atoms with E-state index in [2.05, 4.69) is 16.0 Å². The molecule has 0 heterocycles. The van der Waals surface area contributed by atoms with Gasteiger partial charge in [-0.1, -0.05) is 70.7 Å². The van der Waals surface area contributed by atoms with E-state index in [0.717, 1.165) is 4.90 Å². The van der Waals surface area contributed by atoms with E-state index in [9.17, 15) is 14.4 Å². The maximum atomic E-state index is 13.2. The third-order valence-corrected chi connectivity index (χ3v) is 7.61. The van der Waals surface area contributed by atoms with Crippen molar-refractivity contribution in [3.8, 4) is 0 Å². The molecule has 0 aliphatic heterocycles. The maximum Gasteiger partial charge on any atom is 0.272 e. The highest BCUT2D eigenvalue weighted by atomic mass is 35.5. The molecule has 3 amide bonds. The van der Waals surface area contributed by atoms with Gasteiger partial charge in [0.05, 0.1) is 16.5 Å². The van der Waals surface area contributed by atoms with Crippen LogP contribution in [0.15, 0.2) is 102 Å². The number of carbonyl (C=O) groups is 3. The lowest BCUT2D eigenvalue weighted by Crippen LogP contribution is -2.30. The maximum absolute atomic E-state index is 13.2. The molecule has 208 valence electrons. The van der Waals surface area contributed by atoms with E-state index in [1.807, 2.05) is 0 Å². The van der Waals surface area contributed by atoms with Gasteiger partial charge < -0.3 is 16.0 Å². The average molecular weight is 645 g/mol. The van der Waals surface area contributed by atoms with Crippen LogP contribution in [-0.4, -0.2) is 23.5 Å². The van der Waals surface area contributed by atoms with Gasteiger partial charge in [-0.3, -0.25) is 14.4 Å². The zero-order chi connectivity index (χ0) is 29.4. The Balaban J connectivity index is 1.43. The lowest BCUT2D eigenvalue weighted by atomic mass is 10.1. The zero-order valence-corrected chi connectivity index (χ0v) is 24.9. The molecule has 4 rings (SSSR count). The summed E-state index contributed by atoms with van der Waals surface area (Å²) >= 11 is 25.7. The van der Waals surface area contributed by atoms with Gasteiger partial charge in [-0.15, -0.1) is 11.8 Å². The molecule has 3 N–H and O–H groups in total. The van der Waals surface area contributed by atoms with Crippen molar-refractivity contribution in [1.29, 1.82) is 0 Å². The quantitative estimate of drug-likeness (QED) is 0.126. The van der Waals surface area contributed by atoms with Crippen molar-refractivity contribution in [2.75, 3.05) is 16.4 Å². The highest BCUT2D eigenvalue weighted by Gasteiger charge is 2.16. The predicted molar refractivity (Wildman–Crippen MR) is 169 cm³/mol. The molecule has 0 bridgehead atoms. The number of hydrogen-bond donors (Lipinski definition) is 3. The van der Waals surface area contributed by atoms with E-state index >= 15 is 0 Å². The number of carbonyl (C=O) groups excluding carboxylic acids is 3. The highest BCUT2D eigenvalue weighted by Crippen LogP contribution is 2.27. The number of thioether (sulfide) groups is 1. The minimum atomic E-state index is -0.557. The van der Waals surface area contributed by atoms with Crippen molar-refractivity contribution in [2.24, 2.45) is 0 Å². The van der Waals surface area contributed by atoms with E-state index < -0.39 is 11.8 Å². The summed E-state index contributed by atoms with van der Waals surface area (Å²) in [6, 6.07) is 25.1. The summed E-state index contributed by atoms with van der Waals surface area (Å²) in [5.41, 5.74) is 1.79. The number of rotatable bonds is 9. The summed E-state index contributed by atoms with van der Waals surface area (Å²) in [7, 11) is 0. The number of nitrogens with one attached hydrogen (secondary N) is 3. The third kappa shape index (κ3) is 9.01. The van der Waals surface area contributed by atoms with Gasteiger partial charge in [-0.2, -0.15) is 0 Å². The number of anilines is 2. The standard InChI is InChI=1S/C30H21Cl4N3O3S/c31-20-7-6-19(25(34)15-20)14-27(37-29(39)18-4-2-1-3-5-18)30(40)35-22-9-11-23(12-10-22)41-17-28(38)36-26-16-21(32)8-13-24(26)33/h1-16H,17H2,(H,35,40)(H,36,38)(H,37,39)/b27-14-. The van der Waals surface area contributed by atoms with Crippen LogP contribution < -0.4 is 16.0 Å². The van der Waals surface area contributed by atoms with Gasteiger partial charge in [0.2, 0.25) is 5.91 Å². The van der Waals surface area contributed by atoms with E-state index in [0.29, 0.717) is 42.6 Å². The van der Waals surface area contributed by atoms with Gasteiger partial charge in [0, 0.05) is 31.2 Å². The van der Waals surface area contributed by atoms with Crippen molar-refractivity contribution in [3.63, 3.8) is 0 Å². The SMILES string of the molecule is O=C(CSc1ccc(NC(=O)/C(=C/c2ccc(Cl)cc2Cl)NC(=O)c2ccccc2)cc1)Nc1cc(Cl)ccc1Cl. The highest BCUT2D eigenvalue weighted by molar-refractivity contribution is 8.00. The lowest BCUT2D eigenvalue weighted by molar-refractivity contribution is -0.114. The van der Waals surface area contributed by atoms with Gasteiger partial charge in [0.25, 0.3) is 11.8 Å². The molecule has 4 aromatic rings. The Kier molecular flexibility index (Phi) is 10.7. The van der Waals surface area contributed by atoms with Crippen LogP contribution in [0, 0.1) is 0 Å². The smallest absolute Gasteiger partial charge is 0.272 e. The Morgan fingerprint density at radius 2 is 1.41 bits per heavy atom. The minimum absolute atomic E-state index is 0.0159. The van der Waals surface area contributed by atoms with Crippen LogP contribution in [0.4, 0.5) is 11.4 Å². The minimum Gasteiger partial charge on any atom is -0.324 e. The zero-order valence-electron chi connectivity index (χ0n) is 21.1. The first-order valence-corrected chi connectivity index (χ1v) is 14.5. The molecule has 0 atom stereocenters. The number of halogens is 4. The molecule has 0 spiro atoms. The molecule has 0 aliphatic carbocycles. The fourth-order valence-corrected chi connectivity index (χ4v) is 4.98. The van der Waals surface area contributed by atoms with Crippen LogP contribution in [0.5, 0.6) is 0 Å². The molecule has 0 unspecified atom stereocenters. The van der Waals surface area contributed by atoms with E-state index in [-0.39, 0.29) is 17.4 Å². The molecule has 0 saturated carbocycles. The Labute approximate surface area is 261 Å². The van der Waals surface area contributed by atoms with E-state index in [1.165, 1.54) is 17.8 Å². The second kappa shape index (κ2) is 14.4. The molecule has 0 aliphatic rings. The molecule has 0 fully saturated rings. The van der Waals surface area contributed by atoms with E-state index in [4.69, 9.17) is 46.4 Å². The largest absolute Gasteiger partial charge is 0.324 e. The second-order valence-electron chi connectivity index (χ2n) is 8.48. The van der Waals surface area contributed by atoms with Crippen molar-refractivity contribution in [2.45, 2.75) is 4.90 Å². The van der Waals surface area contributed by atoms with Crippen LogP contribution in [0.2, 0.25) is 20.1 Å². The fraction of sp³-hybridized carbons (Fsp3) is 0.0333. The molecule has 41 heavy (non-hydrogen) atoms. The van der Waals surface area contributed by atoms with Crippen molar-refractivity contribution in [1.82, 2.24) is 5.32 Å². The van der Waals surface area contributed by atoms with Crippen molar-refractivity contribution >= 4 is 93.3 Å². The Morgan fingerprint density at radius 1 is 0.732 bits per heavy atom. The van der Waals surface area contributed by atoms with E-state index in [1.54, 1.807) is 91.0 Å². The third-order valence-electron chi connectivity index (χ3n) is 5.48. The Hall–Kier alpha value is -3.46. The van der Waals surface area contributed by atoms with Crippen LogP contribution in [0.25, 0.3) is 6.08 Å². The van der Waals surface area contributed by atoms with Gasteiger partial charge >= 0.3 is 0 Å². The molecule has 6 nitrogen and oxygen atoms in total. The van der Waals surface area contributed by atoms with Crippen molar-refractivity contribution in [3.05, 3.63) is 128 Å². The van der Waals surface area contributed by atoms with Gasteiger partial charge in [-0.25, -0.2) is 0 Å². The van der Waals surface area contributed by atoms with Gasteiger partial charge in [-0.05, 0) is 78.4 Å². The number of hydrogen-bond acceptors (Lipinski definition) is 4. The summed E-state index contributed by atoms with van der Waals surface area (Å²) in [6.07, 6.45) is 1.48. The first-order valence-electron chi connectivity index (χ1n) is 12.0. The predicted octanol–water partition coefficient (Wildman–Crippen LogP) is 8.44. The molecule has 11 heteroatoms. The number of benzene rings is 4. The molecular formula is C30H21Cl4N3O3S. The van der Waals surface area contributed by atoms with Crippen LogP contribution in [0.1, 0.15) is 15.9 Å². The first kappa shape index (κ1) is 30.5. The lowest BCUT2D eigenvalue weighted by Gasteiger charge is -2.12. The average Bonchev–Trinajstić information content (AvgIpc) is 2.96. The molecule has 4 aromatic carbocycles. The van der Waals surface area contributed by atoms with Crippen molar-refractivity contribution < 1.29 is 14.4 Å². The fourth-order valence-electron chi connectivity index (χ4n) is 3.48. The normalized spacial score (nSPS) is 11.1. The van der Waals surface area contributed by atoms with Crippen LogP contribution in [-0.2, 0) is 9.59 Å². The Bertz CT molecular complexity index is 1610. The summed E-state index contributed by atoms with van der Waals surface area (Å²) in [6.45, 7) is 0. The summed E-state index contributed by atoms with van der Waals surface area (Å²) in [4.78, 5) is 39.2. The van der Waals surface area contributed by atoms with Crippen LogP contribution in [0.3, 0.4) is 0 Å². The molecule has 0 radical (unpaired) electrons. The summed E-state index contributed by atoms with van der Waals surface area (Å²) in [5, 5.41) is 9.79. The monoisotopic (exact) mass is 643 g/mol. The van der Waals surface area contributed by atoms with Gasteiger partial charge in [0.1, 0.15) is 5.70 Å². The molecular weight excluding hydrogens is 624 g/mol. The topological polar surface area (TPSA) is 87.3 Å². The van der Waals surface area contributed by atoms with Crippen LogP contribution >= 0.6 is 58.2 Å². The number of amides is 3. The molecule has 0 aromatic heterocycles. The summed E-state index contributed by atoms with van der Waals surface area (Å²) < 4.78 is 0. The first-order chi connectivity index (χ1) is 19.7. The van der Waals surface area contributed by atoms with Gasteiger partial charge in [0.15, 0.2) is 0 Å². The molecule has 0 saturated heterocycles. The Morgan fingerprint density at radius 3 is 2.12 bits per heavy atom.